The number of rotatable bonds is 10. The number of ether oxygens (including phenoxy) is 1. The lowest BCUT2D eigenvalue weighted by molar-refractivity contribution is -0.121. The zero-order chi connectivity index (χ0) is 23.4. The molecule has 0 spiro atoms. The Balaban J connectivity index is 1.32. The first-order valence-corrected chi connectivity index (χ1v) is 12.4. The number of carbonyl (C=O) groups is 1. The van der Waals surface area contributed by atoms with E-state index in [1.54, 1.807) is 35.9 Å². The zero-order valence-electron chi connectivity index (χ0n) is 18.1. The highest BCUT2D eigenvalue weighted by Gasteiger charge is 2.27. The third kappa shape index (κ3) is 5.86. The van der Waals surface area contributed by atoms with Gasteiger partial charge in [0.2, 0.25) is 15.9 Å². The number of hydrogen-bond donors (Lipinski definition) is 3. The molecule has 1 aromatic heterocycles. The number of methoxy groups -OCH3 is 1. The van der Waals surface area contributed by atoms with Crippen molar-refractivity contribution in [1.29, 1.82) is 0 Å². The minimum atomic E-state index is -3.48. The number of carbonyl (C=O) groups excluding carboxylic acids is 1. The van der Waals surface area contributed by atoms with Crippen LogP contribution in [0.1, 0.15) is 24.8 Å². The fourth-order valence-electron chi connectivity index (χ4n) is 3.26. The Kier molecular flexibility index (Phi) is 6.91. The maximum Gasteiger partial charge on any atom is 0.240 e. The van der Waals surface area contributed by atoms with E-state index in [2.05, 4.69) is 20.2 Å². The molecule has 33 heavy (non-hydrogen) atoms. The highest BCUT2D eigenvalue weighted by molar-refractivity contribution is 7.89. The molecule has 3 aromatic rings. The van der Waals surface area contributed by atoms with Crippen LogP contribution in [0.25, 0.3) is 11.4 Å². The van der Waals surface area contributed by atoms with Crippen LogP contribution >= 0.6 is 12.2 Å². The van der Waals surface area contributed by atoms with Crippen LogP contribution in [0.15, 0.2) is 53.4 Å². The Morgan fingerprint density at radius 3 is 2.52 bits per heavy atom. The molecule has 0 unspecified atom stereocenters. The Bertz CT molecular complexity index is 1280. The van der Waals surface area contributed by atoms with Crippen LogP contribution in [0.2, 0.25) is 0 Å². The van der Waals surface area contributed by atoms with Gasteiger partial charge in [-0.1, -0.05) is 12.1 Å². The van der Waals surface area contributed by atoms with Gasteiger partial charge in [0, 0.05) is 31.1 Å². The second-order valence-corrected chi connectivity index (χ2v) is 9.90. The summed E-state index contributed by atoms with van der Waals surface area (Å²) >= 11 is 5.32. The first kappa shape index (κ1) is 23.1. The van der Waals surface area contributed by atoms with Crippen molar-refractivity contribution in [1.82, 2.24) is 24.8 Å². The first-order chi connectivity index (χ1) is 15.9. The predicted octanol–water partition coefficient (Wildman–Crippen LogP) is 2.76. The van der Waals surface area contributed by atoms with E-state index in [9.17, 15) is 13.2 Å². The van der Waals surface area contributed by atoms with Crippen molar-refractivity contribution in [3.63, 3.8) is 0 Å². The lowest BCUT2D eigenvalue weighted by atomic mass is 10.2. The van der Waals surface area contributed by atoms with Crippen molar-refractivity contribution in [2.24, 2.45) is 0 Å². The fraction of sp³-hybridized carbons (Fsp3) is 0.318. The molecule has 1 amide bonds. The molecule has 2 aromatic carbocycles. The van der Waals surface area contributed by atoms with E-state index in [0.717, 1.165) is 29.7 Å². The van der Waals surface area contributed by atoms with Crippen LogP contribution in [-0.4, -0.2) is 42.2 Å². The Morgan fingerprint density at radius 2 is 1.88 bits per heavy atom. The molecule has 1 aliphatic carbocycles. The van der Waals surface area contributed by atoms with Gasteiger partial charge in [0.05, 0.1) is 12.0 Å². The topological polar surface area (TPSA) is 118 Å². The van der Waals surface area contributed by atoms with Gasteiger partial charge >= 0.3 is 0 Å². The molecular formula is C22H25N5O4S2. The number of H-pyrrole nitrogens is 1. The summed E-state index contributed by atoms with van der Waals surface area (Å²) in [6, 6.07) is 14.0. The number of benzene rings is 2. The number of aromatic nitrogens is 3. The van der Waals surface area contributed by atoms with Crippen molar-refractivity contribution >= 4 is 28.1 Å². The van der Waals surface area contributed by atoms with Gasteiger partial charge in [0.1, 0.15) is 5.75 Å². The van der Waals surface area contributed by atoms with E-state index in [1.807, 2.05) is 24.3 Å². The van der Waals surface area contributed by atoms with E-state index in [4.69, 9.17) is 17.0 Å². The number of hydrogen-bond acceptors (Lipinski definition) is 6. The summed E-state index contributed by atoms with van der Waals surface area (Å²) in [5, 5.41) is 9.92. The van der Waals surface area contributed by atoms with Crippen molar-refractivity contribution in [3.05, 3.63) is 58.9 Å². The smallest absolute Gasteiger partial charge is 0.240 e. The Labute approximate surface area is 197 Å². The number of nitrogens with one attached hydrogen (secondary N) is 3. The van der Waals surface area contributed by atoms with Gasteiger partial charge in [-0.2, -0.15) is 5.10 Å². The average Bonchev–Trinajstić information content (AvgIpc) is 3.55. The monoisotopic (exact) mass is 487 g/mol. The molecule has 0 aliphatic heterocycles. The van der Waals surface area contributed by atoms with Gasteiger partial charge < -0.3 is 10.1 Å². The van der Waals surface area contributed by atoms with Crippen molar-refractivity contribution in [2.75, 3.05) is 7.11 Å². The summed E-state index contributed by atoms with van der Waals surface area (Å²) in [5.74, 6) is 1.24. The van der Waals surface area contributed by atoms with Crippen LogP contribution in [0, 0.1) is 4.77 Å². The van der Waals surface area contributed by atoms with Crippen LogP contribution in [0.3, 0.4) is 0 Å². The average molecular weight is 488 g/mol. The quantitative estimate of drug-likeness (QED) is 0.379. The van der Waals surface area contributed by atoms with Crippen LogP contribution in [0.4, 0.5) is 0 Å². The molecule has 1 fully saturated rings. The van der Waals surface area contributed by atoms with E-state index in [1.165, 1.54) is 0 Å². The van der Waals surface area contributed by atoms with E-state index < -0.39 is 10.0 Å². The maximum absolute atomic E-state index is 12.4. The molecular weight excluding hydrogens is 462 g/mol. The summed E-state index contributed by atoms with van der Waals surface area (Å²) < 4.78 is 34.5. The molecule has 1 aliphatic rings. The van der Waals surface area contributed by atoms with Gasteiger partial charge in [0.25, 0.3) is 0 Å². The lowest BCUT2D eigenvalue weighted by Crippen LogP contribution is -2.26. The second kappa shape index (κ2) is 9.86. The molecule has 1 heterocycles. The third-order valence-corrected chi connectivity index (χ3v) is 7.14. The van der Waals surface area contributed by atoms with Gasteiger partial charge in [-0.25, -0.2) is 13.1 Å². The largest absolute Gasteiger partial charge is 0.497 e. The van der Waals surface area contributed by atoms with Crippen LogP contribution in [0.5, 0.6) is 5.75 Å². The second-order valence-electron chi connectivity index (χ2n) is 7.80. The predicted molar refractivity (Wildman–Crippen MR) is 126 cm³/mol. The normalized spacial score (nSPS) is 13.6. The minimum absolute atomic E-state index is 0.0583. The maximum atomic E-state index is 12.4. The van der Waals surface area contributed by atoms with Crippen molar-refractivity contribution < 1.29 is 17.9 Å². The summed E-state index contributed by atoms with van der Waals surface area (Å²) in [6.07, 6.45) is 1.98. The Hall–Kier alpha value is -3.02. The number of nitrogens with zero attached hydrogens (tertiary/aromatic N) is 2. The molecule has 0 atom stereocenters. The number of amides is 1. The van der Waals surface area contributed by atoms with Crippen molar-refractivity contribution in [2.45, 2.75) is 43.3 Å². The molecule has 9 nitrogen and oxygen atoms in total. The molecule has 0 saturated heterocycles. The summed E-state index contributed by atoms with van der Waals surface area (Å²) in [6.45, 7) is 0.671. The van der Waals surface area contributed by atoms with E-state index >= 15 is 0 Å². The lowest BCUT2D eigenvalue weighted by Gasteiger charge is -2.09. The highest BCUT2D eigenvalue weighted by atomic mass is 32.2. The zero-order valence-corrected chi connectivity index (χ0v) is 19.7. The van der Waals surface area contributed by atoms with Crippen molar-refractivity contribution in [3.8, 4) is 17.1 Å². The SMILES string of the molecule is COc1ccc(-c2n[nH]c(=S)n2CCC(=O)NCc2ccc(S(=O)(=O)NC3CC3)cc2)cc1. The molecule has 0 radical (unpaired) electrons. The minimum Gasteiger partial charge on any atom is -0.497 e. The van der Waals surface area contributed by atoms with Gasteiger partial charge in [-0.3, -0.25) is 14.5 Å². The standard InChI is InChI=1S/C22H25N5O4S2/c1-31-18-8-4-16(5-9-18)21-24-25-22(32)27(21)13-12-20(28)23-14-15-2-10-19(11-3-15)33(29,30)26-17-6-7-17/h2-5,8-11,17,26H,6-7,12-14H2,1H3,(H,23,28)(H,25,32). The van der Waals surface area contributed by atoms with E-state index in [0.29, 0.717) is 23.7 Å². The molecule has 11 heteroatoms. The first-order valence-electron chi connectivity index (χ1n) is 10.5. The van der Waals surface area contributed by atoms with E-state index in [-0.39, 0.29) is 23.3 Å². The number of aromatic amines is 1. The number of sulfonamides is 1. The van der Waals surface area contributed by atoms with Crippen LogP contribution in [-0.2, 0) is 27.9 Å². The third-order valence-electron chi connectivity index (χ3n) is 5.29. The summed E-state index contributed by atoms with van der Waals surface area (Å²) in [7, 11) is -1.88. The van der Waals surface area contributed by atoms with Crippen LogP contribution < -0.4 is 14.8 Å². The van der Waals surface area contributed by atoms with Gasteiger partial charge in [0.15, 0.2) is 10.6 Å². The summed E-state index contributed by atoms with van der Waals surface area (Å²) in [5.41, 5.74) is 1.67. The van der Waals surface area contributed by atoms with Gasteiger partial charge in [-0.15, -0.1) is 0 Å². The molecule has 3 N–H and O–H groups in total. The molecule has 1 saturated carbocycles. The fourth-order valence-corrected chi connectivity index (χ4v) is 4.79. The molecule has 0 bridgehead atoms. The highest BCUT2D eigenvalue weighted by Crippen LogP contribution is 2.23. The van der Waals surface area contributed by atoms with Gasteiger partial charge in [-0.05, 0) is 67.0 Å². The molecule has 4 rings (SSSR count). The Morgan fingerprint density at radius 1 is 1.18 bits per heavy atom. The summed E-state index contributed by atoms with van der Waals surface area (Å²) in [4.78, 5) is 12.6. The molecule has 174 valence electrons.